The first-order chi connectivity index (χ1) is 11.7. The van der Waals surface area contributed by atoms with E-state index < -0.39 is 0 Å². The van der Waals surface area contributed by atoms with Crippen LogP contribution in [0, 0.1) is 11.3 Å². The molecule has 2 aliphatic heterocycles. The standard InChI is InChI=1S/C19H20N4O/c1-14(2)7-11-24-18-12-16(6-5-15(18)13-20)22-19-17-4-3-9-23(17)10-8-21-19/h3,5-10,12,17H,4,11H2,1-2H3,(H,21,22). The number of benzene rings is 1. The van der Waals surface area contributed by atoms with Crippen LogP contribution >= 0.6 is 0 Å². The number of amidine groups is 1. The third-order valence-corrected chi connectivity index (χ3v) is 3.87. The van der Waals surface area contributed by atoms with Crippen LogP contribution in [0.2, 0.25) is 0 Å². The number of rotatable bonds is 4. The normalized spacial score (nSPS) is 17.8. The number of hydrogen-bond acceptors (Lipinski definition) is 5. The van der Waals surface area contributed by atoms with Crippen molar-refractivity contribution in [3.63, 3.8) is 0 Å². The van der Waals surface area contributed by atoms with Crippen molar-refractivity contribution in [1.82, 2.24) is 4.90 Å². The molecule has 5 heteroatoms. The van der Waals surface area contributed by atoms with E-state index in [2.05, 4.69) is 33.6 Å². The van der Waals surface area contributed by atoms with Gasteiger partial charge in [0, 0.05) is 30.4 Å². The van der Waals surface area contributed by atoms with Gasteiger partial charge in [0.2, 0.25) is 0 Å². The number of nitrogens with one attached hydrogen (secondary N) is 1. The number of hydrogen-bond donors (Lipinski definition) is 1. The quantitative estimate of drug-likeness (QED) is 0.858. The summed E-state index contributed by atoms with van der Waals surface area (Å²) in [6, 6.07) is 7.87. The van der Waals surface area contributed by atoms with Crippen LogP contribution in [-0.4, -0.2) is 23.4 Å². The second kappa shape index (κ2) is 7.05. The summed E-state index contributed by atoms with van der Waals surface area (Å²) in [5, 5.41) is 12.6. The summed E-state index contributed by atoms with van der Waals surface area (Å²) in [7, 11) is 0. The van der Waals surface area contributed by atoms with Gasteiger partial charge in [0.15, 0.2) is 0 Å². The molecule has 1 N–H and O–H groups in total. The predicted octanol–water partition coefficient (Wildman–Crippen LogP) is 3.79. The Morgan fingerprint density at radius 2 is 2.33 bits per heavy atom. The lowest BCUT2D eigenvalue weighted by molar-refractivity contribution is 0.361. The van der Waals surface area contributed by atoms with Crippen molar-refractivity contribution < 1.29 is 4.74 Å². The van der Waals surface area contributed by atoms with Gasteiger partial charge in [-0.25, -0.2) is 4.99 Å². The third kappa shape index (κ3) is 3.49. The highest BCUT2D eigenvalue weighted by atomic mass is 16.5. The Hall–Kier alpha value is -3.00. The average molecular weight is 320 g/mol. The fourth-order valence-electron chi connectivity index (χ4n) is 2.59. The van der Waals surface area contributed by atoms with Gasteiger partial charge in [-0.1, -0.05) is 11.6 Å². The minimum atomic E-state index is 0.209. The molecule has 24 heavy (non-hydrogen) atoms. The molecule has 0 aromatic heterocycles. The van der Waals surface area contributed by atoms with Crippen LogP contribution < -0.4 is 10.1 Å². The minimum absolute atomic E-state index is 0.209. The molecule has 0 bridgehead atoms. The van der Waals surface area contributed by atoms with E-state index in [1.165, 1.54) is 5.57 Å². The van der Waals surface area contributed by atoms with Crippen molar-refractivity contribution in [2.75, 3.05) is 11.9 Å². The molecule has 0 saturated carbocycles. The molecule has 0 fully saturated rings. The summed E-state index contributed by atoms with van der Waals surface area (Å²) < 4.78 is 5.74. The first kappa shape index (κ1) is 15.9. The SMILES string of the molecule is CC(C)=CCOc1cc(NC2=NC=CN3C=CCC23)ccc1C#N. The number of anilines is 1. The Morgan fingerprint density at radius 3 is 3.12 bits per heavy atom. The van der Waals surface area contributed by atoms with Crippen LogP contribution in [0.4, 0.5) is 5.69 Å². The summed E-state index contributed by atoms with van der Waals surface area (Å²) in [6.45, 7) is 4.48. The Morgan fingerprint density at radius 1 is 1.46 bits per heavy atom. The lowest BCUT2D eigenvalue weighted by Crippen LogP contribution is -2.37. The zero-order chi connectivity index (χ0) is 16.9. The molecule has 0 aliphatic carbocycles. The molecule has 122 valence electrons. The number of fused-ring (bicyclic) bond motifs is 1. The third-order valence-electron chi connectivity index (χ3n) is 3.87. The molecule has 0 saturated heterocycles. The van der Waals surface area contributed by atoms with Gasteiger partial charge < -0.3 is 15.0 Å². The van der Waals surface area contributed by atoms with E-state index in [1.807, 2.05) is 38.3 Å². The highest BCUT2D eigenvalue weighted by Gasteiger charge is 2.25. The number of aliphatic imine (C=N–C) groups is 1. The fourth-order valence-corrected chi connectivity index (χ4v) is 2.59. The number of nitriles is 1. The fraction of sp³-hybridized carbons (Fsp3) is 0.263. The monoisotopic (exact) mass is 320 g/mol. The van der Waals surface area contributed by atoms with Crippen molar-refractivity contribution in [2.45, 2.75) is 26.3 Å². The zero-order valence-corrected chi connectivity index (χ0v) is 13.9. The van der Waals surface area contributed by atoms with Gasteiger partial charge in [-0.3, -0.25) is 0 Å². The molecule has 0 amide bonds. The van der Waals surface area contributed by atoms with Crippen molar-refractivity contribution >= 4 is 11.5 Å². The highest BCUT2D eigenvalue weighted by Crippen LogP contribution is 2.25. The second-order valence-corrected chi connectivity index (χ2v) is 5.94. The largest absolute Gasteiger partial charge is 0.488 e. The van der Waals surface area contributed by atoms with E-state index >= 15 is 0 Å². The maximum absolute atomic E-state index is 9.25. The van der Waals surface area contributed by atoms with Crippen molar-refractivity contribution in [3.05, 3.63) is 60.1 Å². The van der Waals surface area contributed by atoms with E-state index in [4.69, 9.17) is 4.74 Å². The van der Waals surface area contributed by atoms with Crippen LogP contribution in [-0.2, 0) is 0 Å². The second-order valence-electron chi connectivity index (χ2n) is 5.94. The van der Waals surface area contributed by atoms with E-state index in [1.54, 1.807) is 12.3 Å². The summed E-state index contributed by atoms with van der Waals surface area (Å²) in [5.41, 5.74) is 2.57. The number of ether oxygens (including phenoxy) is 1. The first-order valence-electron chi connectivity index (χ1n) is 7.93. The summed E-state index contributed by atoms with van der Waals surface area (Å²) in [5.74, 6) is 1.47. The van der Waals surface area contributed by atoms with Crippen LogP contribution in [0.1, 0.15) is 25.8 Å². The maximum Gasteiger partial charge on any atom is 0.139 e. The van der Waals surface area contributed by atoms with E-state index in [0.717, 1.165) is 17.9 Å². The van der Waals surface area contributed by atoms with Gasteiger partial charge in [-0.15, -0.1) is 0 Å². The molecule has 2 aliphatic rings. The molecule has 0 radical (unpaired) electrons. The van der Waals surface area contributed by atoms with E-state index in [0.29, 0.717) is 17.9 Å². The maximum atomic E-state index is 9.25. The molecule has 1 unspecified atom stereocenters. The molecular formula is C19H20N4O. The molecule has 5 nitrogen and oxygen atoms in total. The van der Waals surface area contributed by atoms with Crippen LogP contribution in [0.15, 0.2) is 59.5 Å². The Bertz CT molecular complexity index is 779. The Balaban J connectivity index is 1.76. The van der Waals surface area contributed by atoms with Gasteiger partial charge >= 0.3 is 0 Å². The van der Waals surface area contributed by atoms with Crippen molar-refractivity contribution in [2.24, 2.45) is 4.99 Å². The first-order valence-corrected chi connectivity index (χ1v) is 7.93. The molecule has 2 heterocycles. The molecular weight excluding hydrogens is 300 g/mol. The van der Waals surface area contributed by atoms with E-state index in [-0.39, 0.29) is 6.04 Å². The molecule has 0 spiro atoms. The summed E-state index contributed by atoms with van der Waals surface area (Å²) in [6.07, 6.45) is 10.8. The summed E-state index contributed by atoms with van der Waals surface area (Å²) in [4.78, 5) is 6.58. The van der Waals surface area contributed by atoms with Crippen LogP contribution in [0.3, 0.4) is 0 Å². The highest BCUT2D eigenvalue weighted by molar-refractivity contribution is 6.01. The van der Waals surface area contributed by atoms with Gasteiger partial charge in [0.05, 0.1) is 11.6 Å². The van der Waals surface area contributed by atoms with Gasteiger partial charge in [0.1, 0.15) is 24.3 Å². The summed E-state index contributed by atoms with van der Waals surface area (Å²) >= 11 is 0. The molecule has 1 aromatic carbocycles. The molecule has 1 atom stereocenters. The van der Waals surface area contributed by atoms with Gasteiger partial charge in [-0.2, -0.15) is 5.26 Å². The van der Waals surface area contributed by atoms with Crippen LogP contribution in [0.5, 0.6) is 5.75 Å². The Labute approximate surface area is 142 Å². The lowest BCUT2D eigenvalue weighted by Gasteiger charge is -2.26. The van der Waals surface area contributed by atoms with Crippen molar-refractivity contribution in [3.8, 4) is 11.8 Å². The smallest absolute Gasteiger partial charge is 0.139 e. The molecule has 1 aromatic rings. The number of allylic oxidation sites excluding steroid dienone is 1. The Kier molecular flexibility index (Phi) is 4.66. The van der Waals surface area contributed by atoms with Crippen LogP contribution in [0.25, 0.3) is 0 Å². The van der Waals surface area contributed by atoms with Gasteiger partial charge in [-0.05, 0) is 38.5 Å². The number of nitrogens with zero attached hydrogens (tertiary/aromatic N) is 3. The average Bonchev–Trinajstić information content (AvgIpc) is 3.04. The van der Waals surface area contributed by atoms with E-state index in [9.17, 15) is 5.26 Å². The predicted molar refractivity (Wildman–Crippen MR) is 95.7 cm³/mol. The van der Waals surface area contributed by atoms with Crippen molar-refractivity contribution in [1.29, 1.82) is 5.26 Å². The zero-order valence-electron chi connectivity index (χ0n) is 13.9. The topological polar surface area (TPSA) is 60.6 Å². The minimum Gasteiger partial charge on any atom is -0.488 e. The molecule has 3 rings (SSSR count). The lowest BCUT2D eigenvalue weighted by atomic mass is 10.1. The van der Waals surface area contributed by atoms with Gasteiger partial charge in [0.25, 0.3) is 0 Å².